The number of hydrogen-bond acceptors (Lipinski definition) is 8. The minimum absolute atomic E-state index is 0.0526. The van der Waals surface area contributed by atoms with Gasteiger partial charge in [0.1, 0.15) is 5.82 Å². The van der Waals surface area contributed by atoms with E-state index >= 15 is 0 Å². The van der Waals surface area contributed by atoms with Crippen LogP contribution in [0.2, 0.25) is 0 Å². The van der Waals surface area contributed by atoms with Crippen molar-refractivity contribution in [3.8, 4) is 0 Å². The minimum Gasteiger partial charge on any atom is -0.760 e. The molecule has 0 radical (unpaired) electrons. The molecule has 1 fully saturated rings. The highest BCUT2D eigenvalue weighted by atomic mass is 79.9. The molecule has 140 valence electrons. The largest absolute Gasteiger partial charge is 0.760 e. The molecule has 1 saturated heterocycles. The standard InChI is InChI=1S/C13H14BrFN6O4S/c14-9-3-8(1-2-10(9)15)17-13(18-22)11-12(20-25-19-11)16-4-7-5-21(6-7)26(23)24/h1-3,7,22H,4-6H2,(H,16,20)(H,17,18)(H,23,24)/p-1. The van der Waals surface area contributed by atoms with Crippen LogP contribution in [0.15, 0.2) is 32.3 Å². The van der Waals surface area contributed by atoms with Gasteiger partial charge in [0, 0.05) is 36.8 Å². The molecule has 0 bridgehead atoms. The number of amidine groups is 1. The average Bonchev–Trinajstić information content (AvgIpc) is 3.02. The summed E-state index contributed by atoms with van der Waals surface area (Å²) >= 11 is 0.850. The van der Waals surface area contributed by atoms with Gasteiger partial charge in [0.2, 0.25) is 5.82 Å². The molecule has 13 heteroatoms. The summed E-state index contributed by atoms with van der Waals surface area (Å²) in [6.07, 6.45) is 0. The van der Waals surface area contributed by atoms with Crippen molar-refractivity contribution < 1.29 is 23.0 Å². The second-order valence-electron chi connectivity index (χ2n) is 5.44. The van der Waals surface area contributed by atoms with Crippen molar-refractivity contribution in [3.05, 3.63) is 34.2 Å². The highest BCUT2D eigenvalue weighted by Crippen LogP contribution is 2.23. The number of aromatic nitrogens is 2. The van der Waals surface area contributed by atoms with Crippen molar-refractivity contribution in [2.24, 2.45) is 10.9 Å². The number of nitrogens with one attached hydrogen (secondary N) is 2. The Morgan fingerprint density at radius 3 is 2.96 bits per heavy atom. The van der Waals surface area contributed by atoms with Crippen LogP contribution in [0.1, 0.15) is 5.69 Å². The number of rotatable bonds is 6. The molecule has 1 aliphatic heterocycles. The van der Waals surface area contributed by atoms with Crippen molar-refractivity contribution in [1.82, 2.24) is 20.1 Å². The Labute approximate surface area is 157 Å². The maximum atomic E-state index is 13.3. The Balaban J connectivity index is 1.70. The Hall–Kier alpha value is -1.93. The van der Waals surface area contributed by atoms with E-state index in [1.807, 2.05) is 5.48 Å². The van der Waals surface area contributed by atoms with Gasteiger partial charge >= 0.3 is 0 Å². The third-order valence-corrected chi connectivity index (χ3v) is 4.98. The molecule has 0 amide bonds. The molecule has 3 rings (SSSR count). The summed E-state index contributed by atoms with van der Waals surface area (Å²) in [5, 5.41) is 19.7. The molecule has 2 heterocycles. The van der Waals surface area contributed by atoms with E-state index in [1.165, 1.54) is 22.5 Å². The van der Waals surface area contributed by atoms with Gasteiger partial charge in [-0.2, -0.15) is 0 Å². The molecule has 1 atom stereocenters. The van der Waals surface area contributed by atoms with Gasteiger partial charge in [-0.15, -0.1) is 0 Å². The first-order valence-corrected chi connectivity index (χ1v) is 9.15. The summed E-state index contributed by atoms with van der Waals surface area (Å²) in [6.45, 7) is 1.26. The van der Waals surface area contributed by atoms with Gasteiger partial charge < -0.3 is 9.87 Å². The highest BCUT2D eigenvalue weighted by molar-refractivity contribution is 9.10. The Morgan fingerprint density at radius 2 is 2.31 bits per heavy atom. The van der Waals surface area contributed by atoms with Gasteiger partial charge in [-0.05, 0) is 44.4 Å². The van der Waals surface area contributed by atoms with Crippen molar-refractivity contribution >= 4 is 44.5 Å². The SMILES string of the molecule is O=S([O-])N1CC(CNc2nonc2C(=Nc2ccc(F)c(Br)c2)NO)C1. The Kier molecular flexibility index (Phi) is 5.93. The van der Waals surface area contributed by atoms with Gasteiger partial charge in [0.25, 0.3) is 0 Å². The first kappa shape index (κ1) is 18.8. The van der Waals surface area contributed by atoms with Crippen molar-refractivity contribution in [1.29, 1.82) is 0 Å². The third kappa shape index (κ3) is 4.24. The molecule has 10 nitrogen and oxygen atoms in total. The lowest BCUT2D eigenvalue weighted by atomic mass is 10.0. The number of hydroxylamine groups is 1. The smallest absolute Gasteiger partial charge is 0.202 e. The zero-order valence-electron chi connectivity index (χ0n) is 13.1. The summed E-state index contributed by atoms with van der Waals surface area (Å²) in [5.41, 5.74) is 2.39. The maximum Gasteiger partial charge on any atom is 0.202 e. The van der Waals surface area contributed by atoms with Crippen LogP contribution in [0.5, 0.6) is 0 Å². The van der Waals surface area contributed by atoms with Crippen LogP contribution in [-0.2, 0) is 11.3 Å². The van der Waals surface area contributed by atoms with E-state index in [9.17, 15) is 18.4 Å². The van der Waals surface area contributed by atoms with Crippen LogP contribution in [0.4, 0.5) is 15.9 Å². The lowest BCUT2D eigenvalue weighted by Gasteiger charge is -2.39. The molecule has 0 saturated carbocycles. The van der Waals surface area contributed by atoms with Crippen LogP contribution in [0.3, 0.4) is 0 Å². The molecule has 0 aliphatic carbocycles. The molecule has 1 aliphatic rings. The first-order chi connectivity index (χ1) is 12.5. The van der Waals surface area contributed by atoms with Gasteiger partial charge in [0.05, 0.1) is 10.2 Å². The third-order valence-electron chi connectivity index (χ3n) is 3.66. The van der Waals surface area contributed by atoms with Gasteiger partial charge in [-0.1, -0.05) is 0 Å². The number of nitrogens with zero attached hydrogens (tertiary/aromatic N) is 4. The van der Waals surface area contributed by atoms with Crippen LogP contribution < -0.4 is 10.8 Å². The average molecular weight is 448 g/mol. The second-order valence-corrected chi connectivity index (χ2v) is 7.25. The fourth-order valence-corrected chi connectivity index (χ4v) is 3.32. The molecule has 1 aromatic carbocycles. The summed E-state index contributed by atoms with van der Waals surface area (Å²) in [5.74, 6) is -0.147. The van der Waals surface area contributed by atoms with E-state index in [0.717, 1.165) is 0 Å². The van der Waals surface area contributed by atoms with E-state index < -0.39 is 17.1 Å². The maximum absolute atomic E-state index is 13.3. The van der Waals surface area contributed by atoms with Gasteiger partial charge in [-0.25, -0.2) is 18.3 Å². The zero-order chi connectivity index (χ0) is 18.7. The van der Waals surface area contributed by atoms with E-state index in [1.54, 1.807) is 0 Å². The molecule has 26 heavy (non-hydrogen) atoms. The van der Waals surface area contributed by atoms with Gasteiger partial charge in [-0.3, -0.25) is 14.9 Å². The fourth-order valence-electron chi connectivity index (χ4n) is 2.29. The van der Waals surface area contributed by atoms with Gasteiger partial charge in [0.15, 0.2) is 11.5 Å². The lowest BCUT2D eigenvalue weighted by molar-refractivity contribution is 0.205. The van der Waals surface area contributed by atoms with E-state index in [-0.39, 0.29) is 27.7 Å². The molecule has 3 N–H and O–H groups in total. The molecule has 2 aromatic rings. The Morgan fingerprint density at radius 1 is 1.54 bits per heavy atom. The normalized spacial score (nSPS) is 17.0. The van der Waals surface area contributed by atoms with Crippen LogP contribution in [0.25, 0.3) is 0 Å². The predicted molar refractivity (Wildman–Crippen MR) is 92.0 cm³/mol. The molecular formula is C13H13BrFN6O4S-. The molecule has 0 spiro atoms. The van der Waals surface area contributed by atoms with Crippen LogP contribution >= 0.6 is 15.9 Å². The number of benzene rings is 1. The number of anilines is 1. The van der Waals surface area contributed by atoms with Crippen molar-refractivity contribution in [3.63, 3.8) is 0 Å². The number of halogens is 2. The van der Waals surface area contributed by atoms with Crippen molar-refractivity contribution in [2.45, 2.75) is 0 Å². The van der Waals surface area contributed by atoms with E-state index in [2.05, 4.69) is 41.2 Å². The minimum atomic E-state index is -2.21. The first-order valence-electron chi connectivity index (χ1n) is 7.33. The number of hydrogen-bond donors (Lipinski definition) is 3. The predicted octanol–water partition coefficient (Wildman–Crippen LogP) is 1.17. The quantitative estimate of drug-likeness (QED) is 0.259. The Bertz CT molecular complexity index is 844. The zero-order valence-corrected chi connectivity index (χ0v) is 15.5. The molecular weight excluding hydrogens is 435 g/mol. The second kappa shape index (κ2) is 8.18. The number of aliphatic imine (C=N–C) groups is 1. The summed E-state index contributed by atoms with van der Waals surface area (Å²) in [7, 11) is 0. The molecule has 1 aromatic heterocycles. The van der Waals surface area contributed by atoms with Crippen molar-refractivity contribution in [2.75, 3.05) is 25.0 Å². The fraction of sp³-hybridized carbons (Fsp3) is 0.308. The lowest BCUT2D eigenvalue weighted by Crippen LogP contribution is -2.50. The summed E-state index contributed by atoms with van der Waals surface area (Å²) < 4.78 is 41.0. The van der Waals surface area contributed by atoms with E-state index in [4.69, 9.17) is 0 Å². The van der Waals surface area contributed by atoms with E-state index in [0.29, 0.717) is 25.3 Å². The summed E-state index contributed by atoms with van der Waals surface area (Å²) in [4.78, 5) is 4.15. The van der Waals surface area contributed by atoms with Crippen LogP contribution in [-0.4, -0.2) is 54.1 Å². The summed E-state index contributed by atoms with van der Waals surface area (Å²) in [6, 6.07) is 4.07. The monoisotopic (exact) mass is 447 g/mol. The van der Waals surface area contributed by atoms with Crippen LogP contribution in [0, 0.1) is 11.7 Å². The topological polar surface area (TPSA) is 139 Å². The molecule has 1 unspecified atom stereocenters. The highest BCUT2D eigenvalue weighted by Gasteiger charge is 2.28.